The molecular formula is C22H18N6. The molecule has 0 spiro atoms. The van der Waals surface area contributed by atoms with E-state index < -0.39 is 0 Å². The molecule has 0 aliphatic carbocycles. The number of nitrogens with zero attached hydrogens (tertiary/aromatic N) is 6. The van der Waals surface area contributed by atoms with Crippen LogP contribution in [-0.4, -0.2) is 29.5 Å². The Labute approximate surface area is 162 Å². The normalized spacial score (nSPS) is 12.5. The summed E-state index contributed by atoms with van der Waals surface area (Å²) in [7, 11) is 0. The summed E-state index contributed by atoms with van der Waals surface area (Å²) >= 11 is 0. The van der Waals surface area contributed by atoms with Crippen molar-refractivity contribution in [2.45, 2.75) is 19.9 Å². The Kier molecular flexibility index (Phi) is 3.83. The molecule has 0 aliphatic rings. The van der Waals surface area contributed by atoms with E-state index in [2.05, 4.69) is 56.5 Å². The standard InChI is InChI=1S/C22H18N6/c1-14-10-19-17(4-3-7-24-19)11-18(14)15(2)28-13-26-21-22(28)27-20(12-25-21)16-5-8-23-9-6-16/h3-13,15H,1-2H3. The molecule has 0 radical (unpaired) electrons. The van der Waals surface area contributed by atoms with E-state index in [0.717, 1.165) is 27.8 Å². The lowest BCUT2D eigenvalue weighted by Gasteiger charge is -2.18. The molecule has 0 saturated carbocycles. The second-order valence-electron chi connectivity index (χ2n) is 6.87. The molecule has 136 valence electrons. The molecule has 6 nitrogen and oxygen atoms in total. The van der Waals surface area contributed by atoms with E-state index in [-0.39, 0.29) is 6.04 Å². The Hall–Kier alpha value is -3.67. The summed E-state index contributed by atoms with van der Waals surface area (Å²) in [6.45, 7) is 4.28. The number of pyridine rings is 2. The van der Waals surface area contributed by atoms with Gasteiger partial charge in [-0.1, -0.05) is 6.07 Å². The Morgan fingerprint density at radius 1 is 0.964 bits per heavy atom. The predicted molar refractivity (Wildman–Crippen MR) is 109 cm³/mol. The fraction of sp³-hybridized carbons (Fsp3) is 0.136. The average molecular weight is 366 g/mol. The summed E-state index contributed by atoms with van der Waals surface area (Å²) in [5.41, 5.74) is 6.62. The highest BCUT2D eigenvalue weighted by atomic mass is 15.1. The number of fused-ring (bicyclic) bond motifs is 2. The maximum Gasteiger partial charge on any atom is 0.197 e. The molecule has 4 aromatic heterocycles. The second kappa shape index (κ2) is 6.49. The highest BCUT2D eigenvalue weighted by molar-refractivity contribution is 5.80. The molecule has 0 amide bonds. The summed E-state index contributed by atoms with van der Waals surface area (Å²) < 4.78 is 2.08. The van der Waals surface area contributed by atoms with Crippen LogP contribution in [0.5, 0.6) is 0 Å². The van der Waals surface area contributed by atoms with Crippen molar-refractivity contribution in [3.05, 3.63) is 78.6 Å². The van der Waals surface area contributed by atoms with Crippen LogP contribution in [0.25, 0.3) is 33.5 Å². The number of hydrogen-bond donors (Lipinski definition) is 0. The van der Waals surface area contributed by atoms with Crippen molar-refractivity contribution in [2.24, 2.45) is 0 Å². The zero-order valence-electron chi connectivity index (χ0n) is 15.6. The van der Waals surface area contributed by atoms with E-state index in [0.29, 0.717) is 5.65 Å². The average Bonchev–Trinajstić information content (AvgIpc) is 3.16. The van der Waals surface area contributed by atoms with Crippen LogP contribution < -0.4 is 0 Å². The van der Waals surface area contributed by atoms with E-state index in [1.54, 1.807) is 18.6 Å². The summed E-state index contributed by atoms with van der Waals surface area (Å²) in [5.74, 6) is 0. The first-order valence-electron chi connectivity index (χ1n) is 9.16. The van der Waals surface area contributed by atoms with E-state index >= 15 is 0 Å². The van der Waals surface area contributed by atoms with Crippen LogP contribution >= 0.6 is 0 Å². The Balaban J connectivity index is 1.64. The molecule has 0 fully saturated rings. The van der Waals surface area contributed by atoms with Crippen molar-refractivity contribution in [1.82, 2.24) is 29.5 Å². The van der Waals surface area contributed by atoms with Crippen LogP contribution in [0.2, 0.25) is 0 Å². The molecule has 0 N–H and O–H groups in total. The minimum atomic E-state index is 0.0663. The third-order valence-electron chi connectivity index (χ3n) is 5.12. The van der Waals surface area contributed by atoms with Gasteiger partial charge >= 0.3 is 0 Å². The molecule has 0 aliphatic heterocycles. The molecule has 28 heavy (non-hydrogen) atoms. The van der Waals surface area contributed by atoms with Crippen LogP contribution in [0.3, 0.4) is 0 Å². The maximum absolute atomic E-state index is 4.84. The van der Waals surface area contributed by atoms with E-state index in [4.69, 9.17) is 4.98 Å². The third kappa shape index (κ3) is 2.70. The van der Waals surface area contributed by atoms with Crippen molar-refractivity contribution >= 4 is 22.2 Å². The van der Waals surface area contributed by atoms with Gasteiger partial charge in [-0.15, -0.1) is 0 Å². The lowest BCUT2D eigenvalue weighted by Crippen LogP contribution is -2.08. The summed E-state index contributed by atoms with van der Waals surface area (Å²) in [4.78, 5) is 22.3. The van der Waals surface area contributed by atoms with Crippen molar-refractivity contribution in [3.8, 4) is 11.3 Å². The number of aromatic nitrogens is 6. The first kappa shape index (κ1) is 16.5. The minimum absolute atomic E-state index is 0.0663. The van der Waals surface area contributed by atoms with Gasteiger partial charge in [0.1, 0.15) is 0 Å². The van der Waals surface area contributed by atoms with Gasteiger partial charge in [-0.3, -0.25) is 9.97 Å². The topological polar surface area (TPSA) is 69.4 Å². The monoisotopic (exact) mass is 366 g/mol. The van der Waals surface area contributed by atoms with Crippen LogP contribution in [-0.2, 0) is 0 Å². The molecular weight excluding hydrogens is 348 g/mol. The SMILES string of the molecule is Cc1cc2ncccc2cc1C(C)n1cnc2ncc(-c3ccncc3)nc21. The van der Waals surface area contributed by atoms with Crippen molar-refractivity contribution in [3.63, 3.8) is 0 Å². The maximum atomic E-state index is 4.84. The van der Waals surface area contributed by atoms with Gasteiger partial charge < -0.3 is 4.57 Å². The van der Waals surface area contributed by atoms with Crippen LogP contribution in [0.4, 0.5) is 0 Å². The minimum Gasteiger partial charge on any atom is -0.307 e. The Morgan fingerprint density at radius 2 is 1.82 bits per heavy atom. The molecule has 0 bridgehead atoms. The molecule has 1 aromatic carbocycles. The predicted octanol–water partition coefficient (Wildman–Crippen LogP) is 4.35. The third-order valence-corrected chi connectivity index (χ3v) is 5.12. The number of imidazole rings is 1. The van der Waals surface area contributed by atoms with Gasteiger partial charge in [-0.2, -0.15) is 0 Å². The Bertz CT molecular complexity index is 1290. The zero-order chi connectivity index (χ0) is 19.1. The molecule has 4 heterocycles. The highest BCUT2D eigenvalue weighted by Gasteiger charge is 2.17. The lowest BCUT2D eigenvalue weighted by molar-refractivity contribution is 0.649. The van der Waals surface area contributed by atoms with Crippen molar-refractivity contribution < 1.29 is 0 Å². The van der Waals surface area contributed by atoms with E-state index in [1.807, 2.05) is 30.7 Å². The smallest absolute Gasteiger partial charge is 0.197 e. The van der Waals surface area contributed by atoms with Gasteiger partial charge in [-0.25, -0.2) is 15.0 Å². The van der Waals surface area contributed by atoms with E-state index in [1.165, 1.54) is 11.1 Å². The van der Waals surface area contributed by atoms with E-state index in [9.17, 15) is 0 Å². The summed E-state index contributed by atoms with van der Waals surface area (Å²) in [5, 5.41) is 1.13. The van der Waals surface area contributed by atoms with Gasteiger partial charge in [-0.05, 0) is 55.3 Å². The summed E-state index contributed by atoms with van der Waals surface area (Å²) in [6, 6.07) is 12.3. The molecule has 5 rings (SSSR count). The largest absolute Gasteiger partial charge is 0.307 e. The van der Waals surface area contributed by atoms with Crippen molar-refractivity contribution in [2.75, 3.05) is 0 Å². The van der Waals surface area contributed by atoms with Gasteiger partial charge in [0, 0.05) is 29.5 Å². The molecule has 5 aromatic rings. The van der Waals surface area contributed by atoms with Crippen LogP contribution in [0.1, 0.15) is 24.1 Å². The van der Waals surface area contributed by atoms with Gasteiger partial charge in [0.15, 0.2) is 11.3 Å². The van der Waals surface area contributed by atoms with Crippen molar-refractivity contribution in [1.29, 1.82) is 0 Å². The fourth-order valence-electron chi connectivity index (χ4n) is 3.60. The van der Waals surface area contributed by atoms with Gasteiger partial charge in [0.2, 0.25) is 0 Å². The quantitative estimate of drug-likeness (QED) is 0.475. The Morgan fingerprint density at radius 3 is 2.68 bits per heavy atom. The molecule has 1 atom stereocenters. The summed E-state index contributed by atoms with van der Waals surface area (Å²) in [6.07, 6.45) is 8.91. The molecule has 1 unspecified atom stereocenters. The number of aryl methyl sites for hydroxylation is 1. The number of hydrogen-bond acceptors (Lipinski definition) is 5. The van der Waals surface area contributed by atoms with Crippen LogP contribution in [0, 0.1) is 6.92 Å². The first-order chi connectivity index (χ1) is 13.7. The van der Waals surface area contributed by atoms with Gasteiger partial charge in [0.25, 0.3) is 0 Å². The number of rotatable bonds is 3. The lowest BCUT2D eigenvalue weighted by atomic mass is 9.99. The second-order valence-corrected chi connectivity index (χ2v) is 6.87. The first-order valence-corrected chi connectivity index (χ1v) is 9.16. The van der Waals surface area contributed by atoms with Crippen LogP contribution in [0.15, 0.2) is 67.5 Å². The molecule has 0 saturated heterocycles. The fourth-order valence-corrected chi connectivity index (χ4v) is 3.60. The number of benzene rings is 1. The molecule has 6 heteroatoms. The highest BCUT2D eigenvalue weighted by Crippen LogP contribution is 2.28. The zero-order valence-corrected chi connectivity index (χ0v) is 15.6. The van der Waals surface area contributed by atoms with Gasteiger partial charge in [0.05, 0.1) is 29.8 Å².